The van der Waals surface area contributed by atoms with Gasteiger partial charge in [0.15, 0.2) is 11.5 Å². The van der Waals surface area contributed by atoms with Gasteiger partial charge in [0, 0.05) is 30.5 Å². The molecule has 0 amide bonds. The largest absolute Gasteiger partial charge is 0.476 e. The number of nitrogens with two attached hydrogens (primary N) is 1. The summed E-state index contributed by atoms with van der Waals surface area (Å²) in [4.78, 5) is 15.7. The Hall–Kier alpha value is -2.78. The summed E-state index contributed by atoms with van der Waals surface area (Å²) < 4.78 is 5.31. The number of rotatable bonds is 5. The Kier molecular flexibility index (Phi) is 5.05. The average molecular weight is 344 g/mol. The van der Waals surface area contributed by atoms with E-state index in [2.05, 4.69) is 25.8 Å². The van der Waals surface area contributed by atoms with Gasteiger partial charge in [-0.3, -0.25) is 0 Å². The summed E-state index contributed by atoms with van der Waals surface area (Å²) in [6.07, 6.45) is 0.742. The minimum Gasteiger partial charge on any atom is -0.476 e. The lowest BCUT2D eigenvalue weighted by Crippen LogP contribution is -2.47. The van der Waals surface area contributed by atoms with Gasteiger partial charge in [-0.25, -0.2) is 9.78 Å². The second kappa shape index (κ2) is 7.41. The highest BCUT2D eigenvalue weighted by Gasteiger charge is 2.23. The molecule has 0 radical (unpaired) electrons. The van der Waals surface area contributed by atoms with Crippen molar-refractivity contribution in [3.63, 3.8) is 0 Å². The molecule has 9 nitrogen and oxygen atoms in total. The standard InChI is InChI=1S/C16H20N6O3/c1-9-3-2-4-13(18-9)20-12-7-14(21-22-15(12)16(23)24)19-11-5-6-25-8-10(11)17/h2-4,7,10-11H,5-6,8,17H2,1H3,(H,23,24)(H2,18,19,20,21)/t10-,11+/m0/s1. The lowest BCUT2D eigenvalue weighted by molar-refractivity contribution is 0.0690. The van der Waals surface area contributed by atoms with E-state index in [-0.39, 0.29) is 17.8 Å². The van der Waals surface area contributed by atoms with Crippen LogP contribution in [0.15, 0.2) is 24.3 Å². The van der Waals surface area contributed by atoms with E-state index < -0.39 is 5.97 Å². The van der Waals surface area contributed by atoms with Crippen LogP contribution < -0.4 is 16.4 Å². The molecule has 1 aliphatic rings. The molecule has 5 N–H and O–H groups in total. The number of carbonyl (C=O) groups is 1. The number of nitrogens with zero attached hydrogens (tertiary/aromatic N) is 3. The van der Waals surface area contributed by atoms with Crippen LogP contribution >= 0.6 is 0 Å². The van der Waals surface area contributed by atoms with Crippen molar-refractivity contribution < 1.29 is 14.6 Å². The number of nitrogens with one attached hydrogen (secondary N) is 2. The number of aromatic nitrogens is 3. The smallest absolute Gasteiger partial charge is 0.358 e. The summed E-state index contributed by atoms with van der Waals surface area (Å²) in [6, 6.07) is 6.87. The molecule has 9 heteroatoms. The molecule has 2 atom stereocenters. The number of hydrogen-bond donors (Lipinski definition) is 4. The molecule has 1 aliphatic heterocycles. The van der Waals surface area contributed by atoms with Gasteiger partial charge in [-0.15, -0.1) is 10.2 Å². The number of carboxylic acids is 1. The van der Waals surface area contributed by atoms with Gasteiger partial charge in [0.1, 0.15) is 5.82 Å². The van der Waals surface area contributed by atoms with Crippen LogP contribution in [0, 0.1) is 6.92 Å². The predicted molar refractivity (Wildman–Crippen MR) is 92.1 cm³/mol. The van der Waals surface area contributed by atoms with Crippen LogP contribution in [0.2, 0.25) is 0 Å². The lowest BCUT2D eigenvalue weighted by Gasteiger charge is -2.29. The topological polar surface area (TPSA) is 135 Å². The molecule has 25 heavy (non-hydrogen) atoms. The van der Waals surface area contributed by atoms with Crippen LogP contribution in [0.4, 0.5) is 17.3 Å². The molecule has 0 bridgehead atoms. The molecule has 132 valence electrons. The quantitative estimate of drug-likeness (QED) is 0.629. The second-order valence-corrected chi connectivity index (χ2v) is 5.86. The molecule has 0 spiro atoms. The summed E-state index contributed by atoms with van der Waals surface area (Å²) in [7, 11) is 0. The average Bonchev–Trinajstić information content (AvgIpc) is 2.57. The minimum absolute atomic E-state index is 0.0105. The van der Waals surface area contributed by atoms with Gasteiger partial charge in [0.25, 0.3) is 0 Å². The molecular weight excluding hydrogens is 324 g/mol. The number of hydrogen-bond acceptors (Lipinski definition) is 8. The fourth-order valence-electron chi connectivity index (χ4n) is 2.60. The lowest BCUT2D eigenvalue weighted by atomic mass is 10.0. The summed E-state index contributed by atoms with van der Waals surface area (Å²) in [5, 5.41) is 23.3. The number of anilines is 3. The predicted octanol–water partition coefficient (Wildman–Crippen LogP) is 1.15. The summed E-state index contributed by atoms with van der Waals surface area (Å²) >= 11 is 0. The number of carboxylic acid groups (broad SMARTS) is 1. The van der Waals surface area contributed by atoms with Crippen molar-refractivity contribution in [3.8, 4) is 0 Å². The van der Waals surface area contributed by atoms with Crippen molar-refractivity contribution in [2.24, 2.45) is 5.73 Å². The molecule has 3 rings (SSSR count). The first kappa shape index (κ1) is 17.1. The molecule has 0 aromatic carbocycles. The van der Waals surface area contributed by atoms with Crippen LogP contribution in [0.5, 0.6) is 0 Å². The van der Waals surface area contributed by atoms with Gasteiger partial charge in [-0.1, -0.05) is 6.07 Å². The van der Waals surface area contributed by atoms with E-state index in [0.717, 1.165) is 12.1 Å². The number of aromatic carboxylic acids is 1. The third-order valence-corrected chi connectivity index (χ3v) is 3.88. The van der Waals surface area contributed by atoms with Gasteiger partial charge in [0.05, 0.1) is 12.3 Å². The Balaban J connectivity index is 1.85. The first-order valence-electron chi connectivity index (χ1n) is 7.94. The minimum atomic E-state index is -1.17. The molecule has 1 saturated heterocycles. The number of aryl methyl sites for hydroxylation is 1. The van der Waals surface area contributed by atoms with Crippen LogP contribution in [-0.4, -0.2) is 51.6 Å². The first-order valence-corrected chi connectivity index (χ1v) is 7.94. The van der Waals surface area contributed by atoms with Crippen molar-refractivity contribution in [3.05, 3.63) is 35.7 Å². The molecule has 2 aromatic rings. The van der Waals surface area contributed by atoms with E-state index in [1.54, 1.807) is 12.1 Å². The number of ether oxygens (including phenoxy) is 1. The first-order chi connectivity index (χ1) is 12.0. The summed E-state index contributed by atoms with van der Waals surface area (Å²) in [5.74, 6) is -0.191. The Morgan fingerprint density at radius 2 is 2.20 bits per heavy atom. The third kappa shape index (κ3) is 4.20. The van der Waals surface area contributed by atoms with E-state index in [9.17, 15) is 9.90 Å². The zero-order chi connectivity index (χ0) is 17.8. The second-order valence-electron chi connectivity index (χ2n) is 5.86. The van der Waals surface area contributed by atoms with E-state index in [1.807, 2.05) is 19.1 Å². The Bertz CT molecular complexity index is 769. The Morgan fingerprint density at radius 3 is 2.92 bits per heavy atom. The highest BCUT2D eigenvalue weighted by molar-refractivity contribution is 5.93. The van der Waals surface area contributed by atoms with E-state index in [4.69, 9.17) is 10.5 Å². The van der Waals surface area contributed by atoms with Crippen molar-refractivity contribution >= 4 is 23.3 Å². The molecule has 0 unspecified atom stereocenters. The van der Waals surface area contributed by atoms with Gasteiger partial charge in [-0.05, 0) is 25.5 Å². The number of pyridine rings is 1. The van der Waals surface area contributed by atoms with Gasteiger partial charge in [0.2, 0.25) is 0 Å². The maximum absolute atomic E-state index is 11.4. The van der Waals surface area contributed by atoms with Gasteiger partial charge < -0.3 is 26.2 Å². The van der Waals surface area contributed by atoms with E-state index >= 15 is 0 Å². The van der Waals surface area contributed by atoms with Crippen molar-refractivity contribution in [1.82, 2.24) is 15.2 Å². The van der Waals surface area contributed by atoms with Crippen molar-refractivity contribution in [2.45, 2.75) is 25.4 Å². The SMILES string of the molecule is Cc1cccc(Nc2cc(N[C@@H]3CCOC[C@@H]3N)nnc2C(=O)O)n1. The van der Waals surface area contributed by atoms with E-state index in [0.29, 0.717) is 30.5 Å². The third-order valence-electron chi connectivity index (χ3n) is 3.88. The van der Waals surface area contributed by atoms with Crippen molar-refractivity contribution in [1.29, 1.82) is 0 Å². The van der Waals surface area contributed by atoms with Gasteiger partial charge in [-0.2, -0.15) is 0 Å². The van der Waals surface area contributed by atoms with Crippen LogP contribution in [0.25, 0.3) is 0 Å². The highest BCUT2D eigenvalue weighted by Crippen LogP contribution is 2.22. The van der Waals surface area contributed by atoms with Crippen molar-refractivity contribution in [2.75, 3.05) is 23.8 Å². The maximum atomic E-state index is 11.4. The monoisotopic (exact) mass is 344 g/mol. The fourth-order valence-corrected chi connectivity index (χ4v) is 2.60. The zero-order valence-electron chi connectivity index (χ0n) is 13.8. The fraction of sp³-hybridized carbons (Fsp3) is 0.375. The Morgan fingerprint density at radius 1 is 1.36 bits per heavy atom. The molecular formula is C16H20N6O3. The van der Waals surface area contributed by atoms with Crippen LogP contribution in [-0.2, 0) is 4.74 Å². The Labute approximate surface area is 144 Å². The molecule has 2 aromatic heterocycles. The van der Waals surface area contributed by atoms with Gasteiger partial charge >= 0.3 is 5.97 Å². The molecule has 0 saturated carbocycles. The zero-order valence-corrected chi connectivity index (χ0v) is 13.8. The van der Waals surface area contributed by atoms with Crippen LogP contribution in [0.1, 0.15) is 22.6 Å². The molecule has 1 fully saturated rings. The highest BCUT2D eigenvalue weighted by atomic mass is 16.5. The summed E-state index contributed by atoms with van der Waals surface area (Å²) in [6.45, 7) is 2.94. The van der Waals surface area contributed by atoms with Crippen LogP contribution in [0.3, 0.4) is 0 Å². The molecule has 0 aliphatic carbocycles. The summed E-state index contributed by atoms with van der Waals surface area (Å²) in [5.41, 5.74) is 6.98. The molecule has 3 heterocycles. The maximum Gasteiger partial charge on any atom is 0.358 e. The van der Waals surface area contributed by atoms with E-state index in [1.165, 1.54) is 0 Å². The normalized spacial score (nSPS) is 20.1.